The van der Waals surface area contributed by atoms with Gasteiger partial charge >= 0.3 is 12.0 Å². The lowest BCUT2D eigenvalue weighted by atomic mass is 10.1. The van der Waals surface area contributed by atoms with E-state index in [0.29, 0.717) is 11.4 Å². The van der Waals surface area contributed by atoms with Crippen LogP contribution in [-0.2, 0) is 4.79 Å². The zero-order valence-electron chi connectivity index (χ0n) is 15.6. The molecule has 138 valence electrons. The van der Waals surface area contributed by atoms with Gasteiger partial charge in [-0.05, 0) is 56.7 Å². The maximum Gasteiger partial charge on any atom is 0.323 e. The van der Waals surface area contributed by atoms with Crippen molar-refractivity contribution in [2.24, 2.45) is 0 Å². The minimum Gasteiger partial charge on any atom is -0.427 e. The van der Waals surface area contributed by atoms with Gasteiger partial charge in [-0.1, -0.05) is 6.07 Å². The third-order valence-electron chi connectivity index (χ3n) is 3.94. The Kier molecular flexibility index (Phi) is 6.60. The highest BCUT2D eigenvalue weighted by molar-refractivity contribution is 6.00. The summed E-state index contributed by atoms with van der Waals surface area (Å²) in [6, 6.07) is 12.3. The predicted octanol–water partition coefficient (Wildman–Crippen LogP) is 4.41. The summed E-state index contributed by atoms with van der Waals surface area (Å²) in [6.45, 7) is 9.38. The first-order chi connectivity index (χ1) is 12.4. The number of carbonyl (C=O) groups excluding carboxylic acids is 2. The van der Waals surface area contributed by atoms with E-state index in [1.54, 1.807) is 24.3 Å². The number of nitrogens with one attached hydrogen (secondary N) is 2. The van der Waals surface area contributed by atoms with Gasteiger partial charge in [-0.25, -0.2) is 4.79 Å². The van der Waals surface area contributed by atoms with Crippen molar-refractivity contribution < 1.29 is 14.3 Å². The fraction of sp³-hybridized carbons (Fsp3) is 0.300. The van der Waals surface area contributed by atoms with Crippen molar-refractivity contribution in [2.45, 2.75) is 27.7 Å². The number of carbonyl (C=O) groups is 2. The van der Waals surface area contributed by atoms with Crippen molar-refractivity contribution in [3.8, 4) is 5.75 Å². The fourth-order valence-corrected chi connectivity index (χ4v) is 2.66. The molecular weight excluding hydrogens is 330 g/mol. The van der Waals surface area contributed by atoms with Crippen LogP contribution >= 0.6 is 0 Å². The summed E-state index contributed by atoms with van der Waals surface area (Å²) in [4.78, 5) is 25.5. The van der Waals surface area contributed by atoms with Gasteiger partial charge in [-0.2, -0.15) is 0 Å². The molecule has 2 amide bonds. The topological polar surface area (TPSA) is 70.7 Å². The van der Waals surface area contributed by atoms with Crippen LogP contribution in [0.1, 0.15) is 26.3 Å². The van der Waals surface area contributed by atoms with E-state index in [9.17, 15) is 9.59 Å². The van der Waals surface area contributed by atoms with Crippen LogP contribution in [0, 0.1) is 6.92 Å². The quantitative estimate of drug-likeness (QED) is 0.595. The van der Waals surface area contributed by atoms with E-state index in [0.717, 1.165) is 30.0 Å². The van der Waals surface area contributed by atoms with Gasteiger partial charge in [0.25, 0.3) is 0 Å². The summed E-state index contributed by atoms with van der Waals surface area (Å²) < 4.78 is 5.02. The van der Waals surface area contributed by atoms with E-state index >= 15 is 0 Å². The number of amides is 2. The third kappa shape index (κ3) is 5.24. The SMILES string of the molecule is CCN(CC)c1ccc(NC(=O)Nc2cccc(OC(C)=O)c2)c(C)c1. The van der Waals surface area contributed by atoms with Crippen LogP contribution in [0.4, 0.5) is 21.9 Å². The molecular formula is C20H25N3O3. The van der Waals surface area contributed by atoms with Gasteiger partial charge in [-0.3, -0.25) is 4.79 Å². The molecule has 0 unspecified atom stereocenters. The lowest BCUT2D eigenvalue weighted by molar-refractivity contribution is -0.131. The summed E-state index contributed by atoms with van der Waals surface area (Å²) in [5, 5.41) is 5.58. The molecule has 2 N–H and O–H groups in total. The van der Waals surface area contributed by atoms with Crippen molar-refractivity contribution >= 4 is 29.1 Å². The van der Waals surface area contributed by atoms with Crippen molar-refractivity contribution in [3.05, 3.63) is 48.0 Å². The maximum absolute atomic E-state index is 12.3. The van der Waals surface area contributed by atoms with Crippen LogP contribution in [0.2, 0.25) is 0 Å². The van der Waals surface area contributed by atoms with Crippen LogP contribution in [0.25, 0.3) is 0 Å². The Morgan fingerprint density at radius 3 is 2.38 bits per heavy atom. The van der Waals surface area contributed by atoms with Crippen molar-refractivity contribution in [2.75, 3.05) is 28.6 Å². The Morgan fingerprint density at radius 1 is 1.04 bits per heavy atom. The van der Waals surface area contributed by atoms with Crippen LogP contribution in [0.15, 0.2) is 42.5 Å². The monoisotopic (exact) mass is 355 g/mol. The largest absolute Gasteiger partial charge is 0.427 e. The summed E-state index contributed by atoms with van der Waals surface area (Å²) in [6.07, 6.45) is 0. The number of anilines is 3. The summed E-state index contributed by atoms with van der Waals surface area (Å²) >= 11 is 0. The number of urea groups is 1. The average Bonchev–Trinajstić information content (AvgIpc) is 2.58. The van der Waals surface area contributed by atoms with E-state index in [1.165, 1.54) is 6.92 Å². The molecule has 0 aliphatic rings. The van der Waals surface area contributed by atoms with Gasteiger partial charge < -0.3 is 20.3 Å². The van der Waals surface area contributed by atoms with Gasteiger partial charge in [0.1, 0.15) is 5.75 Å². The highest BCUT2D eigenvalue weighted by atomic mass is 16.5. The normalized spacial score (nSPS) is 10.2. The second kappa shape index (κ2) is 8.89. The minimum atomic E-state index is -0.407. The van der Waals surface area contributed by atoms with Crippen molar-refractivity contribution in [1.82, 2.24) is 0 Å². The Bertz CT molecular complexity index is 786. The molecule has 6 heteroatoms. The molecule has 0 spiro atoms. The maximum atomic E-state index is 12.3. The molecule has 2 aromatic rings. The van der Waals surface area contributed by atoms with Crippen LogP contribution in [-0.4, -0.2) is 25.1 Å². The van der Waals surface area contributed by atoms with Gasteiger partial charge in [-0.15, -0.1) is 0 Å². The fourth-order valence-electron chi connectivity index (χ4n) is 2.66. The second-order valence-electron chi connectivity index (χ2n) is 5.87. The number of esters is 1. The smallest absolute Gasteiger partial charge is 0.323 e. The first-order valence-electron chi connectivity index (χ1n) is 8.65. The number of aryl methyl sites for hydroxylation is 1. The highest BCUT2D eigenvalue weighted by Gasteiger charge is 2.09. The van der Waals surface area contributed by atoms with Crippen LogP contribution < -0.4 is 20.3 Å². The number of nitrogens with zero attached hydrogens (tertiary/aromatic N) is 1. The summed E-state index contributed by atoms with van der Waals surface area (Å²) in [5.41, 5.74) is 3.40. The van der Waals surface area contributed by atoms with E-state index < -0.39 is 5.97 Å². The second-order valence-corrected chi connectivity index (χ2v) is 5.87. The van der Waals surface area contributed by atoms with E-state index in [4.69, 9.17) is 4.74 Å². The highest BCUT2D eigenvalue weighted by Crippen LogP contribution is 2.23. The molecule has 2 rings (SSSR count). The number of rotatable bonds is 6. The Hall–Kier alpha value is -3.02. The molecule has 0 bridgehead atoms. The number of benzene rings is 2. The standard InChI is InChI=1S/C20H25N3O3/c1-5-23(6-2)17-10-11-19(14(3)12-17)22-20(25)21-16-8-7-9-18(13-16)26-15(4)24/h7-13H,5-6H2,1-4H3,(H2,21,22,25). The van der Waals surface area contributed by atoms with Crippen molar-refractivity contribution in [1.29, 1.82) is 0 Å². The summed E-state index contributed by atoms with van der Waals surface area (Å²) in [5.74, 6) is -0.0226. The molecule has 0 radical (unpaired) electrons. The average molecular weight is 355 g/mol. The molecule has 0 saturated heterocycles. The lowest BCUT2D eigenvalue weighted by Crippen LogP contribution is -2.22. The molecule has 26 heavy (non-hydrogen) atoms. The molecule has 2 aromatic carbocycles. The molecule has 0 saturated carbocycles. The van der Waals surface area contributed by atoms with Crippen LogP contribution in [0.3, 0.4) is 0 Å². The predicted molar refractivity (Wildman–Crippen MR) is 105 cm³/mol. The Labute approximate surface area is 154 Å². The molecule has 6 nitrogen and oxygen atoms in total. The summed E-state index contributed by atoms with van der Waals surface area (Å²) in [7, 11) is 0. The lowest BCUT2D eigenvalue weighted by Gasteiger charge is -2.22. The molecule has 0 fully saturated rings. The first kappa shape index (κ1) is 19.3. The van der Waals surface area contributed by atoms with E-state index in [-0.39, 0.29) is 6.03 Å². The van der Waals surface area contributed by atoms with Gasteiger partial charge in [0, 0.05) is 43.1 Å². The Morgan fingerprint density at radius 2 is 1.77 bits per heavy atom. The molecule has 0 aliphatic heterocycles. The zero-order chi connectivity index (χ0) is 19.1. The van der Waals surface area contributed by atoms with Crippen LogP contribution in [0.5, 0.6) is 5.75 Å². The molecule has 0 heterocycles. The third-order valence-corrected chi connectivity index (χ3v) is 3.94. The first-order valence-corrected chi connectivity index (χ1v) is 8.65. The van der Waals surface area contributed by atoms with E-state index in [2.05, 4.69) is 35.4 Å². The van der Waals surface area contributed by atoms with E-state index in [1.807, 2.05) is 19.1 Å². The van der Waals surface area contributed by atoms with Gasteiger partial charge in [0.2, 0.25) is 0 Å². The van der Waals surface area contributed by atoms with Crippen molar-refractivity contribution in [3.63, 3.8) is 0 Å². The number of hydrogen-bond acceptors (Lipinski definition) is 4. The minimum absolute atomic E-state index is 0.358. The van der Waals surface area contributed by atoms with Gasteiger partial charge in [0.05, 0.1) is 0 Å². The van der Waals surface area contributed by atoms with Gasteiger partial charge in [0.15, 0.2) is 0 Å². The zero-order valence-corrected chi connectivity index (χ0v) is 15.6. The number of ether oxygens (including phenoxy) is 1. The number of hydrogen-bond donors (Lipinski definition) is 2. The molecule has 0 atom stereocenters. The molecule has 0 aromatic heterocycles. The Balaban J connectivity index is 2.05. The molecule has 0 aliphatic carbocycles.